The molecule has 0 unspecified atom stereocenters. The second kappa shape index (κ2) is 23.0. The van der Waals surface area contributed by atoms with E-state index in [4.69, 9.17) is 22.9 Å². The van der Waals surface area contributed by atoms with Crippen molar-refractivity contribution < 1.29 is 28.8 Å². The molecule has 0 aromatic heterocycles. The molecule has 1 aromatic carbocycles. The molecule has 1 heterocycles. The summed E-state index contributed by atoms with van der Waals surface area (Å²) in [6, 6.07) is 2.72. The molecule has 53 heavy (non-hydrogen) atoms. The molecule has 1 fully saturated rings. The predicted octanol–water partition coefficient (Wildman–Crippen LogP) is -1.62. The molecule has 0 bridgehead atoms. The number of benzene rings is 1. The summed E-state index contributed by atoms with van der Waals surface area (Å²) in [6.07, 6.45) is 2.45. The Labute approximate surface area is 312 Å². The maximum atomic E-state index is 13.9. The standard InChI is InChI=1S/C36H61N11O6/c1-21(2)17-27-33(51)44-26(14-10-16-42-36(39)40)32(50)41-15-9-8-13-24(37)30(48)43-20-25(38)31(49)45-29(19-23-11-6-5-7-12-23)35(53)47-28(18-22(3)4)34(52)46-27/h5-7,11-12,21-22,24-29H,8-10,13-20,37-38H2,1-4H3,(H,41,50)(H,43,48)(H,44,51)(H,45,49)(H,46,52)(H,47,53)(H4,39,40,42)/t24-,25-,26-,27-,28-,29-/m0/s1. The van der Waals surface area contributed by atoms with Gasteiger partial charge in [-0.05, 0) is 62.3 Å². The second-order valence-electron chi connectivity index (χ2n) is 14.4. The fourth-order valence-electron chi connectivity index (χ4n) is 5.72. The van der Waals surface area contributed by atoms with Crippen LogP contribution in [-0.2, 0) is 35.2 Å². The van der Waals surface area contributed by atoms with Crippen molar-refractivity contribution in [3.63, 3.8) is 0 Å². The first kappa shape index (κ1) is 44.4. The van der Waals surface area contributed by atoms with Gasteiger partial charge in [-0.1, -0.05) is 58.0 Å². The van der Waals surface area contributed by atoms with Crippen LogP contribution >= 0.6 is 0 Å². The lowest BCUT2D eigenvalue weighted by atomic mass is 9.98. The van der Waals surface area contributed by atoms with Gasteiger partial charge >= 0.3 is 0 Å². The molecule has 0 aliphatic carbocycles. The van der Waals surface area contributed by atoms with Crippen molar-refractivity contribution in [2.75, 3.05) is 19.6 Å². The Bertz CT molecular complexity index is 1390. The molecular weight excluding hydrogens is 682 g/mol. The maximum Gasteiger partial charge on any atom is 0.243 e. The maximum absolute atomic E-state index is 13.9. The highest BCUT2D eigenvalue weighted by atomic mass is 16.2. The van der Waals surface area contributed by atoms with Crippen LogP contribution in [0, 0.1) is 11.8 Å². The van der Waals surface area contributed by atoms with Crippen molar-refractivity contribution >= 4 is 41.4 Å². The molecule has 1 aliphatic rings. The van der Waals surface area contributed by atoms with Gasteiger partial charge in [-0.25, -0.2) is 0 Å². The van der Waals surface area contributed by atoms with Crippen molar-refractivity contribution in [3.05, 3.63) is 35.9 Å². The molecule has 1 aliphatic heterocycles. The van der Waals surface area contributed by atoms with Gasteiger partial charge in [-0.2, -0.15) is 0 Å². The van der Waals surface area contributed by atoms with E-state index in [0.29, 0.717) is 25.7 Å². The van der Waals surface area contributed by atoms with Crippen LogP contribution in [0.5, 0.6) is 0 Å². The Balaban J connectivity index is 2.46. The molecule has 0 spiro atoms. The second-order valence-corrected chi connectivity index (χ2v) is 14.4. The van der Waals surface area contributed by atoms with Crippen molar-refractivity contribution in [2.45, 2.75) is 115 Å². The number of rotatable bonds is 10. The monoisotopic (exact) mass is 743 g/mol. The summed E-state index contributed by atoms with van der Waals surface area (Å²) in [5.41, 5.74) is 23.8. The molecule has 17 nitrogen and oxygen atoms in total. The number of nitrogens with one attached hydrogen (secondary N) is 6. The first-order valence-corrected chi connectivity index (χ1v) is 18.4. The van der Waals surface area contributed by atoms with Crippen LogP contribution in [0.2, 0.25) is 0 Å². The summed E-state index contributed by atoms with van der Waals surface area (Å²) < 4.78 is 0. The van der Waals surface area contributed by atoms with Gasteiger partial charge in [0.2, 0.25) is 35.4 Å². The van der Waals surface area contributed by atoms with Crippen LogP contribution in [0.15, 0.2) is 35.3 Å². The molecular formula is C36H61N11O6. The molecule has 0 saturated carbocycles. The van der Waals surface area contributed by atoms with Gasteiger partial charge in [0.1, 0.15) is 30.2 Å². The Hall–Kier alpha value is -4.77. The number of nitrogens with two attached hydrogens (primary N) is 4. The third-order valence-corrected chi connectivity index (χ3v) is 8.58. The first-order valence-electron chi connectivity index (χ1n) is 18.4. The predicted molar refractivity (Wildman–Crippen MR) is 203 cm³/mol. The van der Waals surface area contributed by atoms with Crippen LogP contribution in [-0.4, -0.2) is 97.3 Å². The lowest BCUT2D eigenvalue weighted by Crippen LogP contribution is -2.60. The lowest BCUT2D eigenvalue weighted by Gasteiger charge is -2.28. The SMILES string of the molecule is CC(C)C[C@@H]1NC(=O)[C@H](CC(C)C)NC(=O)[C@H](Cc2ccccc2)NC(=O)[C@@H](N)CNC(=O)[C@@H](N)CCCCNC(=O)[C@H](CCCN=C(N)N)NC1=O. The van der Waals surface area contributed by atoms with E-state index in [1.165, 1.54) is 0 Å². The van der Waals surface area contributed by atoms with E-state index in [2.05, 4.69) is 36.9 Å². The van der Waals surface area contributed by atoms with Gasteiger partial charge in [0.05, 0.1) is 6.04 Å². The summed E-state index contributed by atoms with van der Waals surface area (Å²) in [6.45, 7) is 7.83. The zero-order valence-electron chi connectivity index (χ0n) is 31.5. The van der Waals surface area contributed by atoms with Crippen LogP contribution in [0.25, 0.3) is 0 Å². The van der Waals surface area contributed by atoms with Crippen molar-refractivity contribution in [1.82, 2.24) is 31.9 Å². The Morgan fingerprint density at radius 2 is 1.23 bits per heavy atom. The zero-order chi connectivity index (χ0) is 39.5. The quantitative estimate of drug-likeness (QED) is 0.0743. The normalized spacial score (nSPS) is 25.0. The van der Waals surface area contributed by atoms with Gasteiger partial charge in [0.15, 0.2) is 5.96 Å². The van der Waals surface area contributed by atoms with Crippen LogP contribution in [0.4, 0.5) is 0 Å². The largest absolute Gasteiger partial charge is 0.370 e. The minimum absolute atomic E-state index is 0.0246. The van der Waals surface area contributed by atoms with Crippen molar-refractivity contribution in [2.24, 2.45) is 39.8 Å². The smallest absolute Gasteiger partial charge is 0.243 e. The van der Waals surface area contributed by atoms with Crippen molar-refractivity contribution in [1.29, 1.82) is 0 Å². The molecule has 14 N–H and O–H groups in total. The van der Waals surface area contributed by atoms with E-state index in [-0.39, 0.29) is 63.1 Å². The average Bonchev–Trinajstić information content (AvgIpc) is 3.09. The van der Waals surface area contributed by atoms with Gasteiger partial charge in [-0.15, -0.1) is 0 Å². The molecule has 6 atom stereocenters. The van der Waals surface area contributed by atoms with E-state index >= 15 is 0 Å². The summed E-state index contributed by atoms with van der Waals surface area (Å²) in [7, 11) is 0. The van der Waals surface area contributed by atoms with Crippen LogP contribution < -0.4 is 54.8 Å². The Morgan fingerprint density at radius 1 is 0.679 bits per heavy atom. The summed E-state index contributed by atoms with van der Waals surface area (Å²) in [5.74, 6) is -3.59. The summed E-state index contributed by atoms with van der Waals surface area (Å²) in [4.78, 5) is 84.7. The van der Waals surface area contributed by atoms with E-state index in [1.54, 1.807) is 24.3 Å². The van der Waals surface area contributed by atoms with Crippen LogP contribution in [0.3, 0.4) is 0 Å². The molecule has 0 radical (unpaired) electrons. The number of guanidine groups is 1. The van der Waals surface area contributed by atoms with E-state index in [0.717, 1.165) is 5.56 Å². The molecule has 17 heteroatoms. The number of carbonyl (C=O) groups is 6. The summed E-state index contributed by atoms with van der Waals surface area (Å²) in [5, 5.41) is 16.5. The number of hydrogen-bond donors (Lipinski definition) is 10. The van der Waals surface area contributed by atoms with Gasteiger partial charge < -0.3 is 54.8 Å². The number of amides is 6. The Kier molecular flexibility index (Phi) is 19.3. The zero-order valence-corrected chi connectivity index (χ0v) is 31.5. The molecule has 296 valence electrons. The van der Waals surface area contributed by atoms with E-state index < -0.39 is 71.7 Å². The third-order valence-electron chi connectivity index (χ3n) is 8.58. The molecule has 6 amide bonds. The lowest BCUT2D eigenvalue weighted by molar-refractivity contribution is -0.135. The number of hydrogen-bond acceptors (Lipinski definition) is 9. The van der Waals surface area contributed by atoms with Gasteiger partial charge in [-0.3, -0.25) is 33.8 Å². The minimum Gasteiger partial charge on any atom is -0.370 e. The highest BCUT2D eigenvalue weighted by Crippen LogP contribution is 2.12. The van der Waals surface area contributed by atoms with Crippen LogP contribution in [0.1, 0.15) is 78.2 Å². The number of carbonyl (C=O) groups excluding carboxylic acids is 6. The highest BCUT2D eigenvalue weighted by Gasteiger charge is 2.33. The number of aliphatic imine (C=N–C) groups is 1. The summed E-state index contributed by atoms with van der Waals surface area (Å²) >= 11 is 0. The first-order chi connectivity index (χ1) is 25.1. The van der Waals surface area contributed by atoms with Gasteiger partial charge in [0.25, 0.3) is 0 Å². The third kappa shape index (κ3) is 17.1. The van der Waals surface area contributed by atoms with E-state index in [1.807, 2.05) is 33.8 Å². The number of nitrogens with zero attached hydrogens (tertiary/aromatic N) is 1. The molecule has 1 aromatic rings. The Morgan fingerprint density at radius 3 is 1.79 bits per heavy atom. The minimum atomic E-state index is -1.20. The topological polar surface area (TPSA) is 291 Å². The fraction of sp³-hybridized carbons (Fsp3) is 0.639. The fourth-order valence-corrected chi connectivity index (χ4v) is 5.72. The van der Waals surface area contributed by atoms with Gasteiger partial charge in [0, 0.05) is 26.1 Å². The highest BCUT2D eigenvalue weighted by molar-refractivity contribution is 5.96. The average molecular weight is 744 g/mol. The molecule has 1 saturated heterocycles. The van der Waals surface area contributed by atoms with E-state index in [9.17, 15) is 28.8 Å². The molecule has 2 rings (SSSR count). The van der Waals surface area contributed by atoms with Crippen molar-refractivity contribution in [3.8, 4) is 0 Å².